The van der Waals surface area contributed by atoms with Crippen LogP contribution in [0.15, 0.2) is 16.5 Å². The van der Waals surface area contributed by atoms with Crippen molar-refractivity contribution in [3.05, 3.63) is 23.7 Å². The van der Waals surface area contributed by atoms with E-state index in [1.165, 1.54) is 19.3 Å². The third-order valence-corrected chi connectivity index (χ3v) is 4.90. The molecule has 0 spiro atoms. The summed E-state index contributed by atoms with van der Waals surface area (Å²) in [7, 11) is 0. The van der Waals surface area contributed by atoms with E-state index in [0.717, 1.165) is 25.4 Å². The van der Waals surface area contributed by atoms with Crippen molar-refractivity contribution in [2.75, 3.05) is 32.7 Å². The number of hydrogen-bond acceptors (Lipinski definition) is 4. The van der Waals surface area contributed by atoms with Gasteiger partial charge in [0.05, 0.1) is 5.60 Å². The number of amides is 1. The number of aliphatic hydroxyl groups is 1. The third kappa shape index (κ3) is 3.52. The van der Waals surface area contributed by atoms with Crippen LogP contribution in [-0.2, 0) is 0 Å². The van der Waals surface area contributed by atoms with E-state index in [0.29, 0.717) is 31.7 Å². The van der Waals surface area contributed by atoms with Crippen LogP contribution >= 0.6 is 0 Å². The molecule has 2 fully saturated rings. The Balaban J connectivity index is 1.53. The molecule has 1 N–H and O–H groups in total. The highest BCUT2D eigenvalue weighted by atomic mass is 16.3. The first-order valence-corrected chi connectivity index (χ1v) is 8.36. The number of hydrogen-bond donors (Lipinski definition) is 1. The zero-order chi connectivity index (χ0) is 15.6. The Bertz CT molecular complexity index is 512. The maximum Gasteiger partial charge on any atom is 0.289 e. The van der Waals surface area contributed by atoms with Gasteiger partial charge in [0.1, 0.15) is 5.76 Å². The molecule has 122 valence electrons. The standard InChI is InChI=1S/C17H26N2O3/c1-14-5-6-15(22-14)16(20)19-11-7-17(21,8-12-19)13-18-9-3-2-4-10-18/h5-6,21H,2-4,7-13H2,1H3. The van der Waals surface area contributed by atoms with Crippen molar-refractivity contribution in [1.82, 2.24) is 9.80 Å². The fraction of sp³-hybridized carbons (Fsp3) is 0.706. The van der Waals surface area contributed by atoms with Gasteiger partial charge in [-0.3, -0.25) is 4.79 Å². The lowest BCUT2D eigenvalue weighted by molar-refractivity contribution is -0.0438. The molecule has 0 unspecified atom stereocenters. The lowest BCUT2D eigenvalue weighted by Crippen LogP contribution is -2.52. The Labute approximate surface area is 131 Å². The number of likely N-dealkylation sites (tertiary alicyclic amines) is 2. The minimum atomic E-state index is -0.646. The second-order valence-corrected chi connectivity index (χ2v) is 6.76. The van der Waals surface area contributed by atoms with Crippen LogP contribution in [0.5, 0.6) is 0 Å². The second-order valence-electron chi connectivity index (χ2n) is 6.76. The lowest BCUT2D eigenvalue weighted by Gasteiger charge is -2.41. The first-order chi connectivity index (χ1) is 10.6. The fourth-order valence-corrected chi connectivity index (χ4v) is 3.52. The topological polar surface area (TPSA) is 56.9 Å². The second kappa shape index (κ2) is 6.42. The summed E-state index contributed by atoms with van der Waals surface area (Å²) in [6.45, 7) is 5.97. The van der Waals surface area contributed by atoms with Crippen LogP contribution < -0.4 is 0 Å². The van der Waals surface area contributed by atoms with Gasteiger partial charge < -0.3 is 19.3 Å². The van der Waals surface area contributed by atoms with E-state index in [4.69, 9.17) is 4.42 Å². The monoisotopic (exact) mass is 306 g/mol. The van der Waals surface area contributed by atoms with Crippen molar-refractivity contribution in [3.63, 3.8) is 0 Å². The smallest absolute Gasteiger partial charge is 0.289 e. The van der Waals surface area contributed by atoms with Gasteiger partial charge in [-0.15, -0.1) is 0 Å². The average Bonchev–Trinajstić information content (AvgIpc) is 2.95. The molecule has 1 aromatic heterocycles. The van der Waals surface area contributed by atoms with Crippen molar-refractivity contribution < 1.29 is 14.3 Å². The normalized spacial score (nSPS) is 22.7. The van der Waals surface area contributed by atoms with Crippen LogP contribution in [0.1, 0.15) is 48.4 Å². The number of carbonyl (C=O) groups excluding carboxylic acids is 1. The summed E-state index contributed by atoms with van der Waals surface area (Å²) in [5.74, 6) is 1.09. The number of rotatable bonds is 3. The number of aryl methyl sites for hydroxylation is 1. The Kier molecular flexibility index (Phi) is 4.54. The minimum Gasteiger partial charge on any atom is -0.456 e. The van der Waals surface area contributed by atoms with Gasteiger partial charge in [-0.05, 0) is 57.8 Å². The van der Waals surface area contributed by atoms with E-state index in [2.05, 4.69) is 4.90 Å². The first kappa shape index (κ1) is 15.6. The van der Waals surface area contributed by atoms with E-state index in [9.17, 15) is 9.90 Å². The van der Waals surface area contributed by atoms with E-state index < -0.39 is 5.60 Å². The molecule has 5 heteroatoms. The summed E-state index contributed by atoms with van der Waals surface area (Å²) in [6, 6.07) is 3.54. The van der Waals surface area contributed by atoms with Crippen molar-refractivity contribution in [1.29, 1.82) is 0 Å². The van der Waals surface area contributed by atoms with Gasteiger partial charge in [-0.2, -0.15) is 0 Å². The molecular weight excluding hydrogens is 280 g/mol. The molecule has 0 bridgehead atoms. The van der Waals surface area contributed by atoms with Gasteiger partial charge in [0.2, 0.25) is 0 Å². The first-order valence-electron chi connectivity index (χ1n) is 8.36. The highest BCUT2D eigenvalue weighted by Gasteiger charge is 2.36. The zero-order valence-electron chi connectivity index (χ0n) is 13.4. The third-order valence-electron chi connectivity index (χ3n) is 4.90. The van der Waals surface area contributed by atoms with Crippen LogP contribution in [-0.4, -0.2) is 59.1 Å². The quantitative estimate of drug-likeness (QED) is 0.928. The Hall–Kier alpha value is -1.33. The van der Waals surface area contributed by atoms with Crippen LogP contribution in [0, 0.1) is 6.92 Å². The maximum absolute atomic E-state index is 12.4. The van der Waals surface area contributed by atoms with Crippen LogP contribution in [0.2, 0.25) is 0 Å². The minimum absolute atomic E-state index is 0.0619. The molecule has 1 aromatic rings. The van der Waals surface area contributed by atoms with Gasteiger partial charge in [0.15, 0.2) is 5.76 Å². The molecule has 2 aliphatic heterocycles. The van der Waals surface area contributed by atoms with Gasteiger partial charge in [-0.1, -0.05) is 6.42 Å². The van der Waals surface area contributed by atoms with Crippen LogP contribution in [0.4, 0.5) is 0 Å². The van der Waals surface area contributed by atoms with Crippen LogP contribution in [0.25, 0.3) is 0 Å². The van der Waals surface area contributed by atoms with E-state index in [-0.39, 0.29) is 5.91 Å². The number of β-amino-alcohol motifs (C(OH)–C–C–N with tert-alkyl or cyclic N) is 1. The zero-order valence-corrected chi connectivity index (χ0v) is 13.4. The molecule has 0 radical (unpaired) electrons. The van der Waals surface area contributed by atoms with E-state index in [1.807, 2.05) is 13.0 Å². The summed E-state index contributed by atoms with van der Waals surface area (Å²) in [6.07, 6.45) is 5.07. The molecule has 3 rings (SSSR count). The molecule has 2 aliphatic rings. The number of nitrogens with zero attached hydrogens (tertiary/aromatic N) is 2. The average molecular weight is 306 g/mol. The fourth-order valence-electron chi connectivity index (χ4n) is 3.52. The van der Waals surface area contributed by atoms with Crippen LogP contribution in [0.3, 0.4) is 0 Å². The summed E-state index contributed by atoms with van der Waals surface area (Å²) in [4.78, 5) is 16.5. The molecule has 3 heterocycles. The van der Waals surface area contributed by atoms with E-state index >= 15 is 0 Å². The molecule has 22 heavy (non-hydrogen) atoms. The Morgan fingerprint density at radius 2 is 1.86 bits per heavy atom. The van der Waals surface area contributed by atoms with Crippen molar-refractivity contribution in [2.24, 2.45) is 0 Å². The Morgan fingerprint density at radius 1 is 1.18 bits per heavy atom. The predicted octanol–water partition coefficient (Wildman–Crippen LogP) is 2.04. The Morgan fingerprint density at radius 3 is 2.45 bits per heavy atom. The molecule has 0 saturated carbocycles. The molecule has 0 atom stereocenters. The molecule has 0 aromatic carbocycles. The number of furan rings is 1. The predicted molar refractivity (Wildman–Crippen MR) is 83.8 cm³/mol. The number of piperidine rings is 2. The molecule has 1 amide bonds. The van der Waals surface area contributed by atoms with Crippen molar-refractivity contribution in [3.8, 4) is 0 Å². The van der Waals surface area contributed by atoms with Crippen molar-refractivity contribution >= 4 is 5.91 Å². The maximum atomic E-state index is 12.4. The van der Waals surface area contributed by atoms with Gasteiger partial charge >= 0.3 is 0 Å². The van der Waals surface area contributed by atoms with E-state index in [1.54, 1.807) is 11.0 Å². The summed E-state index contributed by atoms with van der Waals surface area (Å²) < 4.78 is 5.41. The highest BCUT2D eigenvalue weighted by Crippen LogP contribution is 2.26. The summed E-state index contributed by atoms with van der Waals surface area (Å²) in [5, 5.41) is 10.8. The largest absolute Gasteiger partial charge is 0.456 e. The molecule has 2 saturated heterocycles. The molecular formula is C17H26N2O3. The van der Waals surface area contributed by atoms with Crippen molar-refractivity contribution in [2.45, 2.75) is 44.6 Å². The van der Waals surface area contributed by atoms with Gasteiger partial charge in [-0.25, -0.2) is 0 Å². The summed E-state index contributed by atoms with van der Waals surface area (Å²) in [5.41, 5.74) is -0.646. The van der Waals surface area contributed by atoms with Gasteiger partial charge in [0, 0.05) is 19.6 Å². The highest BCUT2D eigenvalue weighted by molar-refractivity contribution is 5.91. The molecule has 0 aliphatic carbocycles. The number of carbonyl (C=O) groups is 1. The molecule has 5 nitrogen and oxygen atoms in total. The summed E-state index contributed by atoms with van der Waals surface area (Å²) >= 11 is 0. The van der Waals surface area contributed by atoms with Gasteiger partial charge in [0.25, 0.3) is 5.91 Å². The lowest BCUT2D eigenvalue weighted by atomic mass is 9.90. The SMILES string of the molecule is Cc1ccc(C(=O)N2CCC(O)(CN3CCCCC3)CC2)o1.